The smallest absolute Gasteiger partial charge is 0.167 e. The largest absolute Gasteiger partial charge is 0.336 e. The molecule has 1 aliphatic heterocycles. The van der Waals surface area contributed by atoms with Gasteiger partial charge in [0.25, 0.3) is 0 Å². The van der Waals surface area contributed by atoms with Gasteiger partial charge in [0.05, 0.1) is 4.88 Å². The van der Waals surface area contributed by atoms with Crippen molar-refractivity contribution in [3.63, 3.8) is 0 Å². The minimum Gasteiger partial charge on any atom is -0.336 e. The number of rotatable bonds is 1. The van der Waals surface area contributed by atoms with Gasteiger partial charge in [-0.2, -0.15) is 0 Å². The Morgan fingerprint density at radius 3 is 2.89 bits per heavy atom. The molecule has 5 rings (SSSR count). The van der Waals surface area contributed by atoms with Crippen LogP contribution in [0.5, 0.6) is 0 Å². The zero-order valence-corrected chi connectivity index (χ0v) is 16.0. The topological polar surface area (TPSA) is 42.7 Å². The number of aryl methyl sites for hydroxylation is 1. The lowest BCUT2D eigenvalue weighted by atomic mass is 9.99. The molecular weight excluding hydrogens is 352 g/mol. The summed E-state index contributed by atoms with van der Waals surface area (Å²) in [6.45, 7) is 2.14. The van der Waals surface area contributed by atoms with Crippen molar-refractivity contribution in [2.75, 3.05) is 13.1 Å². The van der Waals surface area contributed by atoms with Crippen LogP contribution in [0.4, 0.5) is 0 Å². The van der Waals surface area contributed by atoms with Crippen molar-refractivity contribution in [2.24, 2.45) is 13.0 Å². The van der Waals surface area contributed by atoms with Crippen LogP contribution in [0.1, 0.15) is 17.8 Å². The molecule has 0 amide bonds. The number of pyridine rings is 1. The highest BCUT2D eigenvalue weighted by Crippen LogP contribution is 2.31. The second kappa shape index (κ2) is 6.80. The fourth-order valence-electron chi connectivity index (χ4n) is 3.67. The third-order valence-corrected chi connectivity index (χ3v) is 6.18. The standard InChI is InChI=1S/C22H20N4S/c1-26-11-8-18-19-12-16(3-4-17(19)13-25-22(18)26)20-14-24-21(27-20)5-2-15-6-9-23-10-7-15/h3-4,8,11-15,23H,6-7,9-10H2,1H3. The highest BCUT2D eigenvalue weighted by molar-refractivity contribution is 7.15. The monoisotopic (exact) mass is 372 g/mol. The molecule has 1 saturated heterocycles. The van der Waals surface area contributed by atoms with Gasteiger partial charge in [0, 0.05) is 42.3 Å². The summed E-state index contributed by atoms with van der Waals surface area (Å²) in [7, 11) is 2.03. The van der Waals surface area contributed by atoms with E-state index in [1.54, 1.807) is 11.3 Å². The minimum atomic E-state index is 0.498. The first kappa shape index (κ1) is 16.5. The van der Waals surface area contributed by atoms with E-state index in [9.17, 15) is 0 Å². The predicted octanol–water partition coefficient (Wildman–Crippen LogP) is 4.20. The highest BCUT2D eigenvalue weighted by atomic mass is 32.1. The van der Waals surface area contributed by atoms with E-state index in [-0.39, 0.29) is 0 Å². The molecule has 0 saturated carbocycles. The maximum absolute atomic E-state index is 4.57. The van der Waals surface area contributed by atoms with Gasteiger partial charge in [-0.05, 0) is 54.9 Å². The summed E-state index contributed by atoms with van der Waals surface area (Å²) in [5.41, 5.74) is 2.20. The molecule has 0 aliphatic carbocycles. The number of nitrogens with zero attached hydrogens (tertiary/aromatic N) is 3. The van der Waals surface area contributed by atoms with E-state index in [4.69, 9.17) is 0 Å². The summed E-state index contributed by atoms with van der Waals surface area (Å²) in [4.78, 5) is 10.3. The fourth-order valence-corrected chi connectivity index (χ4v) is 4.45. The normalized spacial score (nSPS) is 15.1. The van der Waals surface area contributed by atoms with Gasteiger partial charge < -0.3 is 9.88 Å². The first-order valence-corrected chi connectivity index (χ1v) is 10.1. The van der Waals surface area contributed by atoms with E-state index in [1.165, 1.54) is 16.3 Å². The predicted molar refractivity (Wildman–Crippen MR) is 112 cm³/mol. The van der Waals surface area contributed by atoms with Crippen LogP contribution in [0.15, 0.2) is 42.9 Å². The van der Waals surface area contributed by atoms with E-state index in [2.05, 4.69) is 62.2 Å². The van der Waals surface area contributed by atoms with E-state index >= 15 is 0 Å². The average Bonchev–Trinajstić information content (AvgIpc) is 3.34. The van der Waals surface area contributed by atoms with E-state index in [0.29, 0.717) is 5.92 Å². The molecule has 27 heavy (non-hydrogen) atoms. The summed E-state index contributed by atoms with van der Waals surface area (Å²) >= 11 is 1.67. The van der Waals surface area contributed by atoms with Gasteiger partial charge in [-0.1, -0.05) is 18.1 Å². The van der Waals surface area contributed by atoms with Crippen LogP contribution in [0, 0.1) is 17.8 Å². The van der Waals surface area contributed by atoms with Crippen LogP contribution < -0.4 is 5.32 Å². The van der Waals surface area contributed by atoms with Crippen molar-refractivity contribution in [1.29, 1.82) is 0 Å². The summed E-state index contributed by atoms with van der Waals surface area (Å²) in [6.07, 6.45) is 8.23. The second-order valence-electron chi connectivity index (χ2n) is 7.05. The molecule has 1 N–H and O–H groups in total. The lowest BCUT2D eigenvalue weighted by Gasteiger charge is -2.16. The van der Waals surface area contributed by atoms with Gasteiger partial charge in [-0.15, -0.1) is 11.3 Å². The maximum atomic E-state index is 4.57. The van der Waals surface area contributed by atoms with Gasteiger partial charge in [0.15, 0.2) is 5.01 Å². The van der Waals surface area contributed by atoms with E-state index in [1.807, 2.05) is 19.4 Å². The fraction of sp³-hybridized carbons (Fsp3) is 0.273. The van der Waals surface area contributed by atoms with Crippen molar-refractivity contribution in [3.8, 4) is 22.3 Å². The van der Waals surface area contributed by atoms with Crippen molar-refractivity contribution in [3.05, 3.63) is 47.9 Å². The third kappa shape index (κ3) is 3.12. The summed E-state index contributed by atoms with van der Waals surface area (Å²) in [6, 6.07) is 8.68. The Labute approximate surface area is 162 Å². The molecule has 0 atom stereocenters. The zero-order chi connectivity index (χ0) is 18.2. The van der Waals surface area contributed by atoms with Crippen molar-refractivity contribution in [1.82, 2.24) is 19.9 Å². The average molecular weight is 372 g/mol. The van der Waals surface area contributed by atoms with Gasteiger partial charge in [-0.3, -0.25) is 0 Å². The molecular formula is C22H20N4S. The zero-order valence-electron chi connectivity index (χ0n) is 15.2. The van der Waals surface area contributed by atoms with Crippen molar-refractivity contribution >= 4 is 33.1 Å². The van der Waals surface area contributed by atoms with E-state index in [0.717, 1.165) is 46.8 Å². The maximum Gasteiger partial charge on any atom is 0.167 e. The summed E-state index contributed by atoms with van der Waals surface area (Å²) < 4.78 is 2.06. The van der Waals surface area contributed by atoms with Gasteiger partial charge in [0.1, 0.15) is 5.65 Å². The number of benzene rings is 1. The first-order valence-electron chi connectivity index (χ1n) is 9.30. The Balaban J connectivity index is 1.49. The lowest BCUT2D eigenvalue weighted by Crippen LogP contribution is -2.26. The Morgan fingerprint density at radius 1 is 1.11 bits per heavy atom. The van der Waals surface area contributed by atoms with Crippen LogP contribution in [-0.4, -0.2) is 27.6 Å². The number of nitrogens with one attached hydrogen (secondary N) is 1. The molecule has 4 heterocycles. The first-order chi connectivity index (χ1) is 13.3. The van der Waals surface area contributed by atoms with Crippen LogP contribution in [-0.2, 0) is 7.05 Å². The molecule has 134 valence electrons. The second-order valence-corrected chi connectivity index (χ2v) is 8.08. The molecule has 3 aromatic heterocycles. The van der Waals surface area contributed by atoms with Crippen LogP contribution >= 0.6 is 11.3 Å². The number of piperidine rings is 1. The number of thiazole rings is 1. The van der Waals surface area contributed by atoms with Gasteiger partial charge >= 0.3 is 0 Å². The quantitative estimate of drug-likeness (QED) is 0.509. The summed E-state index contributed by atoms with van der Waals surface area (Å²) in [5, 5.41) is 7.86. The van der Waals surface area contributed by atoms with E-state index < -0.39 is 0 Å². The van der Waals surface area contributed by atoms with Gasteiger partial charge in [0.2, 0.25) is 0 Å². The molecule has 1 aliphatic rings. The Morgan fingerprint density at radius 2 is 2.00 bits per heavy atom. The molecule has 0 spiro atoms. The van der Waals surface area contributed by atoms with Gasteiger partial charge in [-0.25, -0.2) is 9.97 Å². The number of hydrogen-bond donors (Lipinski definition) is 1. The molecule has 0 unspecified atom stereocenters. The van der Waals surface area contributed by atoms with Crippen LogP contribution in [0.2, 0.25) is 0 Å². The van der Waals surface area contributed by atoms with Crippen LogP contribution in [0.3, 0.4) is 0 Å². The van der Waals surface area contributed by atoms with Crippen molar-refractivity contribution < 1.29 is 0 Å². The number of aromatic nitrogens is 3. The molecule has 4 aromatic rings. The van der Waals surface area contributed by atoms with Crippen molar-refractivity contribution in [2.45, 2.75) is 12.8 Å². The Bertz CT molecular complexity index is 1190. The lowest BCUT2D eigenvalue weighted by molar-refractivity contribution is 0.447. The molecule has 4 nitrogen and oxygen atoms in total. The number of hydrogen-bond acceptors (Lipinski definition) is 4. The molecule has 0 bridgehead atoms. The Kier molecular flexibility index (Phi) is 4.16. The molecule has 0 radical (unpaired) electrons. The molecule has 1 fully saturated rings. The SMILES string of the molecule is Cn1ccc2c3cc(-c4cnc(C#CC5CCNCC5)s4)ccc3cnc21. The minimum absolute atomic E-state index is 0.498. The van der Waals surface area contributed by atoms with Crippen LogP contribution in [0.25, 0.3) is 32.2 Å². The Hall–Kier alpha value is -2.68. The molecule has 5 heteroatoms. The third-order valence-electron chi connectivity index (χ3n) is 5.22. The summed E-state index contributed by atoms with van der Waals surface area (Å²) in [5.74, 6) is 7.20. The number of fused-ring (bicyclic) bond motifs is 3. The highest BCUT2D eigenvalue weighted by Gasteiger charge is 2.11. The molecule has 1 aromatic carbocycles.